The Hall–Kier alpha value is -2.87. The monoisotopic (exact) mass is 357 g/mol. The molecule has 25 heavy (non-hydrogen) atoms. The predicted molar refractivity (Wildman–Crippen MR) is 96.5 cm³/mol. The van der Waals surface area contributed by atoms with Gasteiger partial charge in [0.05, 0.1) is 35.8 Å². The van der Waals surface area contributed by atoms with Crippen LogP contribution in [0.3, 0.4) is 0 Å². The van der Waals surface area contributed by atoms with Gasteiger partial charge in [-0.3, -0.25) is 19.5 Å². The number of nitrogens with zero attached hydrogens (tertiary/aromatic N) is 3. The van der Waals surface area contributed by atoms with Crippen molar-refractivity contribution in [2.24, 2.45) is 0 Å². The zero-order chi connectivity index (χ0) is 18.0. The van der Waals surface area contributed by atoms with Crippen LogP contribution in [0.25, 0.3) is 10.9 Å². The van der Waals surface area contributed by atoms with Gasteiger partial charge in [0, 0.05) is 17.0 Å². The fraction of sp³-hybridized carbons (Fsp3) is 0.176. The number of thioether (sulfide) groups is 1. The number of benzene rings is 2. The van der Waals surface area contributed by atoms with Crippen LogP contribution in [0, 0.1) is 10.1 Å². The first-order valence-electron chi connectivity index (χ1n) is 7.38. The summed E-state index contributed by atoms with van der Waals surface area (Å²) in [7, 11) is 1.60. The van der Waals surface area contributed by atoms with Crippen LogP contribution in [0.15, 0.2) is 52.4 Å². The van der Waals surface area contributed by atoms with Crippen LogP contribution in [0.4, 0.5) is 5.69 Å². The van der Waals surface area contributed by atoms with Gasteiger partial charge < -0.3 is 4.74 Å². The van der Waals surface area contributed by atoms with Crippen LogP contribution in [0.2, 0.25) is 0 Å². The molecule has 0 fully saturated rings. The SMILES string of the molecule is COc1cc(Cn2cnc3ccc([N+](=O)[O-])cc3c2=O)ccc1SC. The first kappa shape index (κ1) is 17.0. The molecule has 3 rings (SSSR count). The maximum atomic E-state index is 12.7. The number of rotatable bonds is 5. The molecule has 0 amide bonds. The molecule has 0 saturated carbocycles. The molecule has 0 saturated heterocycles. The quantitative estimate of drug-likeness (QED) is 0.396. The Balaban J connectivity index is 2.03. The van der Waals surface area contributed by atoms with Gasteiger partial charge in [-0.15, -0.1) is 11.8 Å². The summed E-state index contributed by atoms with van der Waals surface area (Å²) < 4.78 is 6.79. The topological polar surface area (TPSA) is 87.3 Å². The average Bonchev–Trinajstić information content (AvgIpc) is 2.63. The second kappa shape index (κ2) is 6.94. The van der Waals surface area contributed by atoms with Gasteiger partial charge in [-0.05, 0) is 30.0 Å². The molecular formula is C17H15N3O4S. The van der Waals surface area contributed by atoms with Crippen molar-refractivity contribution in [2.75, 3.05) is 13.4 Å². The second-order valence-corrected chi connectivity index (χ2v) is 6.17. The fourth-order valence-electron chi connectivity index (χ4n) is 2.55. The number of hydrogen-bond donors (Lipinski definition) is 0. The van der Waals surface area contributed by atoms with Gasteiger partial charge in [0.1, 0.15) is 5.75 Å². The average molecular weight is 357 g/mol. The minimum Gasteiger partial charge on any atom is -0.496 e. The third-order valence-corrected chi connectivity index (χ3v) is 4.60. The lowest BCUT2D eigenvalue weighted by Crippen LogP contribution is -2.21. The highest BCUT2D eigenvalue weighted by Gasteiger charge is 2.11. The lowest BCUT2D eigenvalue weighted by Gasteiger charge is -2.10. The maximum Gasteiger partial charge on any atom is 0.270 e. The molecule has 0 spiro atoms. The van der Waals surface area contributed by atoms with Crippen molar-refractivity contribution >= 4 is 28.4 Å². The highest BCUT2D eigenvalue weighted by Crippen LogP contribution is 2.28. The molecule has 3 aromatic rings. The minimum atomic E-state index is -0.526. The van der Waals surface area contributed by atoms with Crippen LogP contribution in [0.5, 0.6) is 5.75 Å². The number of hydrogen-bond acceptors (Lipinski definition) is 6. The van der Waals surface area contributed by atoms with Crippen LogP contribution >= 0.6 is 11.8 Å². The van der Waals surface area contributed by atoms with Crippen molar-refractivity contribution in [3.8, 4) is 5.75 Å². The van der Waals surface area contributed by atoms with Crippen molar-refractivity contribution in [1.82, 2.24) is 9.55 Å². The summed E-state index contributed by atoms with van der Waals surface area (Å²) in [5.41, 5.74) is 0.863. The van der Waals surface area contributed by atoms with E-state index < -0.39 is 4.92 Å². The van der Waals surface area contributed by atoms with Gasteiger partial charge in [-0.2, -0.15) is 0 Å². The standard InChI is InChI=1S/C17H15N3O4S/c1-24-15-7-11(3-6-16(15)25-2)9-19-10-18-14-5-4-12(20(22)23)8-13(14)17(19)21/h3-8,10H,9H2,1-2H3. The molecule has 0 unspecified atom stereocenters. The Morgan fingerprint density at radius 2 is 2.08 bits per heavy atom. The molecule has 8 heteroatoms. The van der Waals surface area contributed by atoms with Crippen molar-refractivity contribution in [2.45, 2.75) is 11.4 Å². The van der Waals surface area contributed by atoms with Gasteiger partial charge in [-0.1, -0.05) is 6.07 Å². The van der Waals surface area contributed by atoms with E-state index in [1.54, 1.807) is 18.9 Å². The fourth-order valence-corrected chi connectivity index (χ4v) is 3.10. The van der Waals surface area contributed by atoms with E-state index in [1.807, 2.05) is 24.5 Å². The molecule has 0 aliphatic heterocycles. The van der Waals surface area contributed by atoms with E-state index in [2.05, 4.69) is 4.98 Å². The number of non-ortho nitro benzene ring substituents is 1. The molecule has 1 heterocycles. The zero-order valence-electron chi connectivity index (χ0n) is 13.6. The van der Waals surface area contributed by atoms with Gasteiger partial charge in [0.2, 0.25) is 0 Å². The van der Waals surface area contributed by atoms with E-state index in [0.717, 1.165) is 16.2 Å². The van der Waals surface area contributed by atoms with Gasteiger partial charge >= 0.3 is 0 Å². The molecule has 0 atom stereocenters. The molecule has 2 aromatic carbocycles. The van der Waals surface area contributed by atoms with Crippen LogP contribution in [-0.4, -0.2) is 27.8 Å². The van der Waals surface area contributed by atoms with Crippen molar-refractivity contribution in [1.29, 1.82) is 0 Å². The van der Waals surface area contributed by atoms with Crippen LogP contribution in [-0.2, 0) is 6.54 Å². The Morgan fingerprint density at radius 3 is 2.76 bits per heavy atom. The number of aromatic nitrogens is 2. The first-order chi connectivity index (χ1) is 12.0. The van der Waals surface area contributed by atoms with Crippen LogP contribution < -0.4 is 10.3 Å². The van der Waals surface area contributed by atoms with E-state index in [-0.39, 0.29) is 16.6 Å². The smallest absolute Gasteiger partial charge is 0.270 e. The Labute approximate surface area is 147 Å². The summed E-state index contributed by atoms with van der Waals surface area (Å²) >= 11 is 1.57. The number of ether oxygens (including phenoxy) is 1. The lowest BCUT2D eigenvalue weighted by molar-refractivity contribution is -0.384. The summed E-state index contributed by atoms with van der Waals surface area (Å²) in [5, 5.41) is 11.1. The molecule has 0 bridgehead atoms. The van der Waals surface area contributed by atoms with Gasteiger partial charge in [-0.25, -0.2) is 4.98 Å². The van der Waals surface area contributed by atoms with E-state index in [1.165, 1.54) is 29.1 Å². The molecule has 7 nitrogen and oxygen atoms in total. The molecule has 0 aliphatic rings. The van der Waals surface area contributed by atoms with E-state index in [4.69, 9.17) is 4.74 Å². The highest BCUT2D eigenvalue weighted by atomic mass is 32.2. The molecule has 0 aliphatic carbocycles. The van der Waals surface area contributed by atoms with Crippen LogP contribution in [0.1, 0.15) is 5.56 Å². The third kappa shape index (κ3) is 3.34. The third-order valence-electron chi connectivity index (χ3n) is 3.82. The summed E-state index contributed by atoms with van der Waals surface area (Å²) in [6.07, 6.45) is 3.41. The molecular weight excluding hydrogens is 342 g/mol. The number of methoxy groups -OCH3 is 1. The predicted octanol–water partition coefficient (Wildman–Crippen LogP) is 3.08. The largest absolute Gasteiger partial charge is 0.496 e. The molecule has 1 aromatic heterocycles. The normalized spacial score (nSPS) is 10.8. The summed E-state index contributed by atoms with van der Waals surface area (Å²) in [5.74, 6) is 0.738. The van der Waals surface area contributed by atoms with Gasteiger partial charge in [0.25, 0.3) is 11.2 Å². The number of fused-ring (bicyclic) bond motifs is 1. The minimum absolute atomic E-state index is 0.129. The first-order valence-corrected chi connectivity index (χ1v) is 8.60. The summed E-state index contributed by atoms with van der Waals surface area (Å²) in [6.45, 7) is 0.301. The highest BCUT2D eigenvalue weighted by molar-refractivity contribution is 7.98. The Kier molecular flexibility index (Phi) is 4.71. The van der Waals surface area contributed by atoms with E-state index >= 15 is 0 Å². The lowest BCUT2D eigenvalue weighted by atomic mass is 10.2. The number of nitro benzene ring substituents is 1. The van der Waals surface area contributed by atoms with Crippen molar-refractivity contribution in [3.63, 3.8) is 0 Å². The van der Waals surface area contributed by atoms with E-state index in [0.29, 0.717) is 12.1 Å². The van der Waals surface area contributed by atoms with Gasteiger partial charge in [0.15, 0.2) is 0 Å². The maximum absolute atomic E-state index is 12.7. The summed E-state index contributed by atoms with van der Waals surface area (Å²) in [6, 6.07) is 9.80. The molecule has 128 valence electrons. The Bertz CT molecular complexity index is 1020. The zero-order valence-corrected chi connectivity index (χ0v) is 14.4. The second-order valence-electron chi connectivity index (χ2n) is 5.33. The van der Waals surface area contributed by atoms with E-state index in [9.17, 15) is 14.9 Å². The molecule has 0 N–H and O–H groups in total. The van der Waals surface area contributed by atoms with Crippen molar-refractivity contribution < 1.29 is 9.66 Å². The Morgan fingerprint density at radius 1 is 1.28 bits per heavy atom. The van der Waals surface area contributed by atoms with Crippen molar-refractivity contribution in [3.05, 3.63) is 68.8 Å². The molecule has 0 radical (unpaired) electrons. The number of nitro groups is 1. The summed E-state index contributed by atoms with van der Waals surface area (Å²) in [4.78, 5) is 28.3.